The summed E-state index contributed by atoms with van der Waals surface area (Å²) in [7, 11) is 1.60. The van der Waals surface area contributed by atoms with Crippen molar-refractivity contribution >= 4 is 11.7 Å². The lowest BCUT2D eigenvalue weighted by Crippen LogP contribution is -2.41. The van der Waals surface area contributed by atoms with E-state index in [9.17, 15) is 9.90 Å². The van der Waals surface area contributed by atoms with Gasteiger partial charge >= 0.3 is 6.03 Å². The van der Waals surface area contributed by atoms with E-state index in [1.807, 2.05) is 12.1 Å². The summed E-state index contributed by atoms with van der Waals surface area (Å²) >= 11 is 0. The van der Waals surface area contributed by atoms with E-state index in [1.54, 1.807) is 7.11 Å². The van der Waals surface area contributed by atoms with Gasteiger partial charge in [0, 0.05) is 19.4 Å². The third-order valence-electron chi connectivity index (χ3n) is 3.48. The van der Waals surface area contributed by atoms with Gasteiger partial charge in [-0.3, -0.25) is 0 Å². The van der Waals surface area contributed by atoms with Gasteiger partial charge in [-0.2, -0.15) is 0 Å². The fraction of sp³-hybridized carbons (Fsp3) is 0.562. The first kappa shape index (κ1) is 17.5. The van der Waals surface area contributed by atoms with Gasteiger partial charge in [-0.25, -0.2) is 4.79 Å². The van der Waals surface area contributed by atoms with Gasteiger partial charge in [0.1, 0.15) is 0 Å². The van der Waals surface area contributed by atoms with E-state index in [0.717, 1.165) is 24.1 Å². The Balaban J connectivity index is 2.70. The quantitative estimate of drug-likeness (QED) is 0.689. The Morgan fingerprint density at radius 2 is 2.10 bits per heavy atom. The highest BCUT2D eigenvalue weighted by Gasteiger charge is 2.13. The normalized spacial score (nSPS) is 12.0. The average Bonchev–Trinajstić information content (AvgIpc) is 2.50. The number of rotatable bonds is 8. The molecule has 0 bridgehead atoms. The van der Waals surface area contributed by atoms with Crippen LogP contribution in [-0.2, 0) is 17.6 Å². The van der Waals surface area contributed by atoms with Crippen LogP contribution in [-0.4, -0.2) is 37.5 Å². The number of carbonyl (C=O) groups excluding carboxylic acids is 1. The van der Waals surface area contributed by atoms with Crippen molar-refractivity contribution in [1.29, 1.82) is 0 Å². The fourth-order valence-corrected chi connectivity index (χ4v) is 2.31. The Kier molecular flexibility index (Phi) is 7.79. The fourth-order valence-electron chi connectivity index (χ4n) is 2.31. The number of aliphatic hydroxyl groups excluding tert-OH is 1. The van der Waals surface area contributed by atoms with E-state index in [-0.39, 0.29) is 18.7 Å². The van der Waals surface area contributed by atoms with E-state index >= 15 is 0 Å². The Bertz CT molecular complexity index is 449. The van der Waals surface area contributed by atoms with Gasteiger partial charge in [0.2, 0.25) is 0 Å². The number of nitrogens with one attached hydrogen (secondary N) is 2. The summed E-state index contributed by atoms with van der Waals surface area (Å²) in [5.41, 5.74) is 3.23. The van der Waals surface area contributed by atoms with Crippen LogP contribution in [0.1, 0.15) is 31.4 Å². The molecule has 1 rings (SSSR count). The third-order valence-corrected chi connectivity index (χ3v) is 3.48. The molecule has 0 aliphatic rings. The minimum Gasteiger partial charge on any atom is -0.394 e. The summed E-state index contributed by atoms with van der Waals surface area (Å²) in [5.74, 6) is 0. The molecule has 0 aliphatic heterocycles. The number of ether oxygens (including phenoxy) is 1. The van der Waals surface area contributed by atoms with Gasteiger partial charge < -0.3 is 20.5 Å². The van der Waals surface area contributed by atoms with Crippen LogP contribution in [0, 0.1) is 0 Å². The number of methoxy groups -OCH3 is 1. The molecule has 0 heterocycles. The van der Waals surface area contributed by atoms with Crippen molar-refractivity contribution in [3.05, 3.63) is 29.3 Å². The molecule has 1 aromatic rings. The van der Waals surface area contributed by atoms with Gasteiger partial charge in [-0.15, -0.1) is 0 Å². The topological polar surface area (TPSA) is 70.6 Å². The predicted molar refractivity (Wildman–Crippen MR) is 84.7 cm³/mol. The van der Waals surface area contributed by atoms with Gasteiger partial charge in [-0.1, -0.05) is 26.0 Å². The molecule has 0 spiro atoms. The Labute approximate surface area is 126 Å². The van der Waals surface area contributed by atoms with Crippen molar-refractivity contribution in [2.45, 2.75) is 39.2 Å². The van der Waals surface area contributed by atoms with Gasteiger partial charge in [0.15, 0.2) is 0 Å². The number of urea groups is 1. The van der Waals surface area contributed by atoms with Crippen LogP contribution in [0.2, 0.25) is 0 Å². The molecule has 1 aromatic carbocycles. The molecule has 5 heteroatoms. The molecular weight excluding hydrogens is 268 g/mol. The molecule has 21 heavy (non-hydrogen) atoms. The van der Waals surface area contributed by atoms with Crippen molar-refractivity contribution in [1.82, 2.24) is 5.32 Å². The molecular formula is C16H26N2O3. The van der Waals surface area contributed by atoms with Crippen LogP contribution in [0.3, 0.4) is 0 Å². The number of aryl methyl sites for hydroxylation is 1. The van der Waals surface area contributed by atoms with Crippen molar-refractivity contribution < 1.29 is 14.6 Å². The Morgan fingerprint density at radius 3 is 2.67 bits per heavy atom. The van der Waals surface area contributed by atoms with Crippen LogP contribution in [0.15, 0.2) is 18.2 Å². The second-order valence-corrected chi connectivity index (χ2v) is 4.91. The Hall–Kier alpha value is -1.59. The molecule has 118 valence electrons. The molecule has 3 N–H and O–H groups in total. The number of anilines is 1. The van der Waals surface area contributed by atoms with E-state index in [2.05, 4.69) is 30.5 Å². The molecule has 5 nitrogen and oxygen atoms in total. The number of hydrogen-bond acceptors (Lipinski definition) is 3. The minimum atomic E-state index is -0.301. The third kappa shape index (κ3) is 5.36. The number of carbonyl (C=O) groups is 1. The van der Waals surface area contributed by atoms with Crippen molar-refractivity contribution in [2.24, 2.45) is 0 Å². The monoisotopic (exact) mass is 294 g/mol. The minimum absolute atomic E-state index is 0.105. The predicted octanol–water partition coefficient (Wildman–Crippen LogP) is 2.33. The highest BCUT2D eigenvalue weighted by molar-refractivity contribution is 5.90. The molecule has 0 radical (unpaired) electrons. The van der Waals surface area contributed by atoms with Crippen LogP contribution in [0.25, 0.3) is 0 Å². The summed E-state index contributed by atoms with van der Waals surface area (Å²) in [4.78, 5) is 12.0. The molecule has 0 aromatic heterocycles. The maximum atomic E-state index is 12.0. The first-order chi connectivity index (χ1) is 10.2. The van der Waals surface area contributed by atoms with Crippen molar-refractivity contribution in [2.75, 3.05) is 25.6 Å². The summed E-state index contributed by atoms with van der Waals surface area (Å²) in [5, 5.41) is 14.9. The van der Waals surface area contributed by atoms with Gasteiger partial charge in [0.05, 0.1) is 12.6 Å². The zero-order valence-electron chi connectivity index (χ0n) is 13.1. The summed E-state index contributed by atoms with van der Waals surface area (Å²) in [6.07, 6.45) is 2.39. The highest BCUT2D eigenvalue weighted by Crippen LogP contribution is 2.21. The molecule has 0 saturated heterocycles. The lowest BCUT2D eigenvalue weighted by Gasteiger charge is -2.18. The van der Waals surface area contributed by atoms with Crippen LogP contribution < -0.4 is 10.6 Å². The van der Waals surface area contributed by atoms with Crippen LogP contribution in [0.4, 0.5) is 10.5 Å². The SMILES string of the molecule is CCc1cccc(NC(=O)N[C@@H](CO)CCOC)c1CC. The largest absolute Gasteiger partial charge is 0.394 e. The van der Waals surface area contributed by atoms with Crippen LogP contribution >= 0.6 is 0 Å². The molecule has 0 fully saturated rings. The zero-order chi connectivity index (χ0) is 15.7. The number of benzene rings is 1. The smallest absolute Gasteiger partial charge is 0.319 e. The highest BCUT2D eigenvalue weighted by atomic mass is 16.5. The maximum Gasteiger partial charge on any atom is 0.319 e. The number of aliphatic hydroxyl groups is 1. The summed E-state index contributed by atoms with van der Waals surface area (Å²) < 4.78 is 4.96. The molecule has 0 unspecified atom stereocenters. The second-order valence-electron chi connectivity index (χ2n) is 4.91. The first-order valence-electron chi connectivity index (χ1n) is 7.44. The number of hydrogen-bond donors (Lipinski definition) is 3. The first-order valence-corrected chi connectivity index (χ1v) is 7.44. The molecule has 0 aliphatic carbocycles. The van der Waals surface area contributed by atoms with Crippen molar-refractivity contribution in [3.8, 4) is 0 Å². The Morgan fingerprint density at radius 1 is 1.33 bits per heavy atom. The van der Waals surface area contributed by atoms with E-state index in [4.69, 9.17) is 4.74 Å². The molecule has 0 saturated carbocycles. The second kappa shape index (κ2) is 9.37. The maximum absolute atomic E-state index is 12.0. The lowest BCUT2D eigenvalue weighted by atomic mass is 10.0. The average molecular weight is 294 g/mol. The van der Waals surface area contributed by atoms with E-state index < -0.39 is 0 Å². The van der Waals surface area contributed by atoms with Gasteiger partial charge in [0.25, 0.3) is 0 Å². The zero-order valence-corrected chi connectivity index (χ0v) is 13.1. The standard InChI is InChI=1S/C16H26N2O3/c1-4-12-7-6-8-15(14(12)5-2)18-16(20)17-13(11-19)9-10-21-3/h6-8,13,19H,4-5,9-11H2,1-3H3,(H2,17,18,20)/t13-/m1/s1. The molecule has 1 atom stereocenters. The van der Waals surface area contributed by atoms with Gasteiger partial charge in [-0.05, 0) is 36.5 Å². The van der Waals surface area contributed by atoms with E-state index in [1.165, 1.54) is 5.56 Å². The van der Waals surface area contributed by atoms with Crippen molar-refractivity contribution in [3.63, 3.8) is 0 Å². The summed E-state index contributed by atoms with van der Waals surface area (Å²) in [6.45, 7) is 4.57. The molecule has 2 amide bonds. The lowest BCUT2D eigenvalue weighted by molar-refractivity contribution is 0.161. The number of amides is 2. The van der Waals surface area contributed by atoms with Crippen LogP contribution in [0.5, 0.6) is 0 Å². The summed E-state index contributed by atoms with van der Waals surface area (Å²) in [6, 6.07) is 5.33. The van der Waals surface area contributed by atoms with E-state index in [0.29, 0.717) is 13.0 Å².